The lowest BCUT2D eigenvalue weighted by atomic mass is 10.2. The summed E-state index contributed by atoms with van der Waals surface area (Å²) in [5, 5.41) is 0. The Labute approximate surface area is 181 Å². The van der Waals surface area contributed by atoms with Crippen molar-refractivity contribution in [2.75, 3.05) is 6.54 Å². The van der Waals surface area contributed by atoms with Crippen LogP contribution >= 0.6 is 0 Å². The first kappa shape index (κ1) is 20.8. The van der Waals surface area contributed by atoms with Crippen LogP contribution in [0, 0.1) is 12.7 Å². The largest absolute Gasteiger partial charge is 0.464 e. The van der Waals surface area contributed by atoms with Crippen molar-refractivity contribution in [3.05, 3.63) is 95.2 Å². The van der Waals surface area contributed by atoms with E-state index in [4.69, 9.17) is 4.42 Å². The fourth-order valence-corrected chi connectivity index (χ4v) is 3.55. The molecule has 0 atom stereocenters. The lowest BCUT2D eigenvalue weighted by Gasteiger charge is -2.27. The number of rotatable bonds is 8. The van der Waals surface area contributed by atoms with Gasteiger partial charge in [-0.2, -0.15) is 0 Å². The molecule has 5 nitrogen and oxygen atoms in total. The van der Waals surface area contributed by atoms with Gasteiger partial charge in [0.1, 0.15) is 23.9 Å². The minimum absolute atomic E-state index is 0.000715. The molecular weight excluding hydrogens is 395 g/mol. The summed E-state index contributed by atoms with van der Waals surface area (Å²) in [7, 11) is 0. The third kappa shape index (κ3) is 5.40. The molecular formula is C25H25FN2O3. The predicted octanol–water partition coefficient (Wildman–Crippen LogP) is 4.56. The van der Waals surface area contributed by atoms with Crippen molar-refractivity contribution in [1.29, 1.82) is 0 Å². The van der Waals surface area contributed by atoms with Gasteiger partial charge in [0.05, 0.1) is 6.54 Å². The van der Waals surface area contributed by atoms with Crippen molar-refractivity contribution in [2.24, 2.45) is 0 Å². The monoisotopic (exact) mass is 420 g/mol. The molecule has 0 radical (unpaired) electrons. The van der Waals surface area contributed by atoms with Crippen molar-refractivity contribution >= 4 is 11.8 Å². The average molecular weight is 420 g/mol. The molecule has 0 bridgehead atoms. The van der Waals surface area contributed by atoms with E-state index in [1.165, 1.54) is 12.1 Å². The lowest BCUT2D eigenvalue weighted by Crippen LogP contribution is -2.43. The highest BCUT2D eigenvalue weighted by molar-refractivity contribution is 5.96. The van der Waals surface area contributed by atoms with Gasteiger partial charge in [-0.25, -0.2) is 4.39 Å². The Hall–Kier alpha value is -3.41. The maximum absolute atomic E-state index is 13.3. The van der Waals surface area contributed by atoms with Gasteiger partial charge in [0, 0.05) is 18.2 Å². The molecule has 1 aromatic heterocycles. The summed E-state index contributed by atoms with van der Waals surface area (Å²) in [6, 6.07) is 18.9. The van der Waals surface area contributed by atoms with E-state index in [0.717, 1.165) is 24.2 Å². The molecule has 0 unspecified atom stereocenters. The molecule has 0 saturated heterocycles. The quantitative estimate of drug-likeness (QED) is 0.537. The Balaban J connectivity index is 1.53. The Kier molecular flexibility index (Phi) is 6.16. The number of aryl methyl sites for hydroxylation is 1. The molecule has 4 rings (SSSR count). The number of halogens is 1. The summed E-state index contributed by atoms with van der Waals surface area (Å²) < 4.78 is 19.0. The fraction of sp³-hybridized carbons (Fsp3) is 0.280. The summed E-state index contributed by atoms with van der Waals surface area (Å²) >= 11 is 0. The number of furan rings is 1. The van der Waals surface area contributed by atoms with Crippen molar-refractivity contribution in [3.8, 4) is 0 Å². The molecule has 2 amide bonds. The van der Waals surface area contributed by atoms with Crippen LogP contribution in [0.4, 0.5) is 4.39 Å². The highest BCUT2D eigenvalue weighted by atomic mass is 19.1. The minimum Gasteiger partial charge on any atom is -0.464 e. The number of carbonyl (C=O) groups excluding carboxylic acids is 2. The zero-order valence-electron chi connectivity index (χ0n) is 17.5. The first-order valence-electron chi connectivity index (χ1n) is 10.4. The Morgan fingerprint density at radius 3 is 2.29 bits per heavy atom. The maximum Gasteiger partial charge on any atom is 0.254 e. The van der Waals surface area contributed by atoms with E-state index in [0.29, 0.717) is 17.9 Å². The Morgan fingerprint density at radius 1 is 0.968 bits per heavy atom. The van der Waals surface area contributed by atoms with Gasteiger partial charge in [-0.1, -0.05) is 30.3 Å². The zero-order chi connectivity index (χ0) is 21.8. The van der Waals surface area contributed by atoms with E-state index >= 15 is 0 Å². The van der Waals surface area contributed by atoms with E-state index < -0.39 is 0 Å². The molecule has 1 heterocycles. The summed E-state index contributed by atoms with van der Waals surface area (Å²) in [5.41, 5.74) is 1.39. The summed E-state index contributed by atoms with van der Waals surface area (Å²) in [6.45, 7) is 2.43. The number of benzene rings is 2. The first-order chi connectivity index (χ1) is 15.0. The molecule has 1 aliphatic rings. The molecule has 1 fully saturated rings. The van der Waals surface area contributed by atoms with Crippen LogP contribution in [0.3, 0.4) is 0 Å². The summed E-state index contributed by atoms with van der Waals surface area (Å²) in [5.74, 6) is 0.807. The average Bonchev–Trinajstić information content (AvgIpc) is 3.54. The molecule has 1 saturated carbocycles. The normalized spacial score (nSPS) is 13.1. The van der Waals surface area contributed by atoms with Gasteiger partial charge in [0.15, 0.2) is 0 Å². The molecule has 31 heavy (non-hydrogen) atoms. The third-order valence-electron chi connectivity index (χ3n) is 5.36. The Morgan fingerprint density at radius 2 is 1.68 bits per heavy atom. The summed E-state index contributed by atoms with van der Waals surface area (Å²) in [6.07, 6.45) is 1.81. The van der Waals surface area contributed by atoms with Gasteiger partial charge in [0.25, 0.3) is 5.91 Å². The van der Waals surface area contributed by atoms with Crippen LogP contribution < -0.4 is 0 Å². The standard InChI is InChI=1S/C25H25FN2O3/c1-18-7-14-23(31-18)16-27(15-19-8-10-21(26)11-9-19)24(29)17-28(22-12-13-22)25(30)20-5-3-2-4-6-20/h2-11,14,22H,12-13,15-17H2,1H3. The van der Waals surface area contributed by atoms with Crippen LogP contribution in [-0.4, -0.2) is 34.2 Å². The molecule has 1 aliphatic carbocycles. The van der Waals surface area contributed by atoms with Crippen molar-refractivity contribution in [2.45, 2.75) is 38.9 Å². The SMILES string of the molecule is Cc1ccc(CN(Cc2ccc(F)cc2)C(=O)CN(C(=O)c2ccccc2)C2CC2)o1. The van der Waals surface area contributed by atoms with Gasteiger partial charge in [-0.3, -0.25) is 9.59 Å². The Bertz CT molecular complexity index is 1040. The second-order valence-corrected chi connectivity index (χ2v) is 7.92. The molecule has 160 valence electrons. The van der Waals surface area contributed by atoms with Gasteiger partial charge < -0.3 is 14.2 Å². The molecule has 0 N–H and O–H groups in total. The molecule has 0 spiro atoms. The topological polar surface area (TPSA) is 53.8 Å². The van der Waals surface area contributed by atoms with Gasteiger partial charge in [-0.05, 0) is 61.7 Å². The van der Waals surface area contributed by atoms with Crippen molar-refractivity contribution < 1.29 is 18.4 Å². The van der Waals surface area contributed by atoms with Crippen LogP contribution in [0.25, 0.3) is 0 Å². The van der Waals surface area contributed by atoms with Crippen LogP contribution in [0.15, 0.2) is 71.1 Å². The van der Waals surface area contributed by atoms with E-state index in [2.05, 4.69) is 0 Å². The molecule has 3 aromatic rings. The van der Waals surface area contributed by atoms with Crippen LogP contribution in [0.5, 0.6) is 0 Å². The highest BCUT2D eigenvalue weighted by Gasteiger charge is 2.35. The van der Waals surface area contributed by atoms with Crippen LogP contribution in [0.2, 0.25) is 0 Å². The van der Waals surface area contributed by atoms with Gasteiger partial charge in [0.2, 0.25) is 5.91 Å². The molecule has 0 aliphatic heterocycles. The highest BCUT2D eigenvalue weighted by Crippen LogP contribution is 2.28. The van der Waals surface area contributed by atoms with E-state index in [9.17, 15) is 14.0 Å². The smallest absolute Gasteiger partial charge is 0.254 e. The fourth-order valence-electron chi connectivity index (χ4n) is 3.55. The number of hydrogen-bond donors (Lipinski definition) is 0. The van der Waals surface area contributed by atoms with Gasteiger partial charge in [-0.15, -0.1) is 0 Å². The lowest BCUT2D eigenvalue weighted by molar-refractivity contribution is -0.133. The minimum atomic E-state index is -0.323. The number of carbonyl (C=O) groups is 2. The van der Waals surface area contributed by atoms with Crippen molar-refractivity contribution in [1.82, 2.24) is 9.80 Å². The van der Waals surface area contributed by atoms with E-state index in [1.807, 2.05) is 37.3 Å². The van der Waals surface area contributed by atoms with Crippen LogP contribution in [0.1, 0.15) is 40.3 Å². The zero-order valence-corrected chi connectivity index (χ0v) is 17.5. The van der Waals surface area contributed by atoms with Crippen molar-refractivity contribution in [3.63, 3.8) is 0 Å². The second kappa shape index (κ2) is 9.16. The predicted molar refractivity (Wildman–Crippen MR) is 115 cm³/mol. The summed E-state index contributed by atoms with van der Waals surface area (Å²) in [4.78, 5) is 29.7. The number of nitrogens with zero attached hydrogens (tertiary/aromatic N) is 2. The van der Waals surface area contributed by atoms with E-state index in [-0.39, 0.29) is 36.8 Å². The van der Waals surface area contributed by atoms with Gasteiger partial charge >= 0.3 is 0 Å². The third-order valence-corrected chi connectivity index (χ3v) is 5.36. The van der Waals surface area contributed by atoms with E-state index in [1.54, 1.807) is 34.1 Å². The number of hydrogen-bond acceptors (Lipinski definition) is 3. The van der Waals surface area contributed by atoms with Crippen LogP contribution in [-0.2, 0) is 17.9 Å². The maximum atomic E-state index is 13.3. The first-order valence-corrected chi connectivity index (χ1v) is 10.4. The second-order valence-electron chi connectivity index (χ2n) is 7.92. The molecule has 2 aromatic carbocycles. The molecule has 6 heteroatoms. The number of amides is 2.